The maximum absolute atomic E-state index is 6.24. The van der Waals surface area contributed by atoms with Crippen LogP contribution >= 0.6 is 12.2 Å². The number of thiocarbonyl (C=S) groups is 1. The first kappa shape index (κ1) is 25.7. The topological polar surface area (TPSA) is 33.3 Å². The quantitative estimate of drug-likeness (QED) is 0.282. The van der Waals surface area contributed by atoms with Crippen molar-refractivity contribution in [3.63, 3.8) is 0 Å². The van der Waals surface area contributed by atoms with E-state index in [4.69, 9.17) is 17.0 Å². The summed E-state index contributed by atoms with van der Waals surface area (Å²) in [5, 5.41) is 7.29. The lowest BCUT2D eigenvalue weighted by atomic mass is 9.76. The Morgan fingerprint density at radius 1 is 0.897 bits per heavy atom. The molecule has 0 atom stereocenters. The van der Waals surface area contributed by atoms with Gasteiger partial charge in [-0.2, -0.15) is 0 Å². The van der Waals surface area contributed by atoms with Crippen LogP contribution in [0.15, 0.2) is 18.2 Å². The lowest BCUT2D eigenvalue weighted by Gasteiger charge is -2.30. The second-order valence-corrected chi connectivity index (χ2v) is 9.69. The molecule has 1 aromatic rings. The van der Waals surface area contributed by atoms with E-state index in [-0.39, 0.29) is 10.8 Å². The van der Waals surface area contributed by atoms with E-state index in [2.05, 4.69) is 77.3 Å². The predicted octanol–water partition coefficient (Wildman–Crippen LogP) is 6.49. The van der Waals surface area contributed by atoms with Crippen LogP contribution in [-0.2, 0) is 10.8 Å². The van der Waals surface area contributed by atoms with E-state index < -0.39 is 0 Å². The Bertz CT molecular complexity index is 625. The molecule has 0 aromatic heterocycles. The molecule has 1 rings (SSSR count). The molecule has 4 heteroatoms. The number of benzene rings is 1. The molecule has 0 radical (unpaired) electrons. The van der Waals surface area contributed by atoms with E-state index in [1.807, 2.05) is 0 Å². The molecular weight excluding hydrogens is 376 g/mol. The van der Waals surface area contributed by atoms with Gasteiger partial charge < -0.3 is 15.4 Å². The number of nitrogens with one attached hydrogen (secondary N) is 2. The van der Waals surface area contributed by atoms with Crippen LogP contribution in [0.2, 0.25) is 0 Å². The maximum Gasteiger partial charge on any atom is 0.166 e. The Labute approximate surface area is 185 Å². The van der Waals surface area contributed by atoms with Crippen molar-refractivity contribution >= 4 is 17.3 Å². The molecule has 0 bridgehead atoms. The fourth-order valence-electron chi connectivity index (χ4n) is 3.05. The summed E-state index contributed by atoms with van der Waals surface area (Å²) >= 11 is 5.29. The fourth-order valence-corrected chi connectivity index (χ4v) is 3.26. The fraction of sp³-hybridized carbons (Fsp3) is 0.720. The molecule has 0 heterocycles. The minimum Gasteiger partial charge on any atom is -0.493 e. The maximum atomic E-state index is 6.24. The zero-order chi connectivity index (χ0) is 21.9. The van der Waals surface area contributed by atoms with Crippen LogP contribution in [0.5, 0.6) is 5.75 Å². The summed E-state index contributed by atoms with van der Waals surface area (Å²) in [5.41, 5.74) is 3.02. The van der Waals surface area contributed by atoms with Crippen LogP contribution in [0.1, 0.15) is 98.1 Å². The first-order valence-corrected chi connectivity index (χ1v) is 11.9. The van der Waals surface area contributed by atoms with Crippen molar-refractivity contribution in [1.29, 1.82) is 0 Å². The summed E-state index contributed by atoms with van der Waals surface area (Å²) < 4.78 is 6.24. The lowest BCUT2D eigenvalue weighted by molar-refractivity contribution is 0.296. The third kappa shape index (κ3) is 8.54. The zero-order valence-electron chi connectivity index (χ0n) is 19.9. The van der Waals surface area contributed by atoms with E-state index in [1.165, 1.54) is 17.5 Å². The van der Waals surface area contributed by atoms with Gasteiger partial charge in [0.25, 0.3) is 0 Å². The average molecular weight is 421 g/mol. The van der Waals surface area contributed by atoms with Gasteiger partial charge in [-0.05, 0) is 66.8 Å². The summed E-state index contributed by atoms with van der Waals surface area (Å²) in [6.45, 7) is 18.5. The molecule has 0 aliphatic heterocycles. The molecule has 0 aliphatic rings. The molecule has 0 saturated heterocycles. The molecule has 29 heavy (non-hydrogen) atoms. The monoisotopic (exact) mass is 420 g/mol. The van der Waals surface area contributed by atoms with E-state index in [0.29, 0.717) is 0 Å². The minimum atomic E-state index is 0.104. The van der Waals surface area contributed by atoms with Gasteiger partial charge in [0.2, 0.25) is 0 Å². The second-order valence-electron chi connectivity index (χ2n) is 9.28. The predicted molar refractivity (Wildman–Crippen MR) is 131 cm³/mol. The number of ether oxygens (including phenoxy) is 1. The van der Waals surface area contributed by atoms with Crippen molar-refractivity contribution in [2.24, 2.45) is 0 Å². The molecular formula is C25H44N2OS. The molecule has 0 amide bonds. The Hall–Kier alpha value is -1.29. The minimum absolute atomic E-state index is 0.104. The molecule has 0 unspecified atom stereocenters. The van der Waals surface area contributed by atoms with E-state index in [1.54, 1.807) is 0 Å². The van der Waals surface area contributed by atoms with Gasteiger partial charge in [0.1, 0.15) is 5.75 Å². The van der Waals surface area contributed by atoms with Gasteiger partial charge in [-0.1, -0.05) is 67.0 Å². The average Bonchev–Trinajstić information content (AvgIpc) is 2.70. The van der Waals surface area contributed by atoms with Gasteiger partial charge in [-0.25, -0.2) is 0 Å². The smallest absolute Gasteiger partial charge is 0.166 e. The van der Waals surface area contributed by atoms with Crippen LogP contribution in [-0.4, -0.2) is 24.8 Å². The van der Waals surface area contributed by atoms with Crippen molar-refractivity contribution in [2.45, 2.75) is 97.8 Å². The Kier molecular flexibility index (Phi) is 11.0. The van der Waals surface area contributed by atoms with Gasteiger partial charge in [0.05, 0.1) is 6.61 Å². The van der Waals surface area contributed by atoms with Gasteiger partial charge in [0.15, 0.2) is 5.11 Å². The summed E-state index contributed by atoms with van der Waals surface area (Å²) in [4.78, 5) is 0. The summed E-state index contributed by atoms with van der Waals surface area (Å²) in [6, 6.07) is 6.81. The number of rotatable bonds is 13. The van der Waals surface area contributed by atoms with E-state index in [9.17, 15) is 0 Å². The molecule has 0 fully saturated rings. The van der Waals surface area contributed by atoms with Crippen LogP contribution in [0.4, 0.5) is 0 Å². The van der Waals surface area contributed by atoms with Crippen LogP contribution in [0, 0.1) is 0 Å². The largest absolute Gasteiger partial charge is 0.493 e. The normalized spacial score (nSPS) is 12.0. The number of unbranched alkanes of at least 4 members (excludes halogenated alkanes) is 2. The molecule has 0 spiro atoms. The van der Waals surface area contributed by atoms with Gasteiger partial charge in [0, 0.05) is 18.7 Å². The highest BCUT2D eigenvalue weighted by Crippen LogP contribution is 2.38. The van der Waals surface area contributed by atoms with Crippen molar-refractivity contribution in [3.05, 3.63) is 29.3 Å². The van der Waals surface area contributed by atoms with E-state index >= 15 is 0 Å². The summed E-state index contributed by atoms with van der Waals surface area (Å²) in [7, 11) is 0. The third-order valence-electron chi connectivity index (χ3n) is 6.19. The van der Waals surface area contributed by atoms with Gasteiger partial charge in [-0.3, -0.25) is 0 Å². The molecule has 1 aromatic carbocycles. The third-order valence-corrected chi connectivity index (χ3v) is 6.48. The highest BCUT2D eigenvalue weighted by atomic mass is 32.1. The highest BCUT2D eigenvalue weighted by Gasteiger charge is 2.26. The molecule has 166 valence electrons. The second kappa shape index (κ2) is 12.4. The van der Waals surface area contributed by atoms with Crippen molar-refractivity contribution in [3.8, 4) is 5.75 Å². The lowest BCUT2D eigenvalue weighted by Crippen LogP contribution is -2.36. The summed E-state index contributed by atoms with van der Waals surface area (Å²) in [5.74, 6) is 1.04. The van der Waals surface area contributed by atoms with Crippen molar-refractivity contribution in [2.75, 3.05) is 19.7 Å². The van der Waals surface area contributed by atoms with Crippen molar-refractivity contribution < 1.29 is 4.74 Å². The summed E-state index contributed by atoms with van der Waals surface area (Å²) in [6.07, 6.45) is 6.61. The molecule has 0 saturated carbocycles. The zero-order valence-corrected chi connectivity index (χ0v) is 20.7. The van der Waals surface area contributed by atoms with Crippen LogP contribution in [0.25, 0.3) is 0 Å². The van der Waals surface area contributed by atoms with Crippen molar-refractivity contribution in [1.82, 2.24) is 10.6 Å². The Balaban J connectivity index is 2.60. The Morgan fingerprint density at radius 3 is 2.10 bits per heavy atom. The van der Waals surface area contributed by atoms with E-state index in [0.717, 1.165) is 62.7 Å². The number of hydrogen-bond acceptors (Lipinski definition) is 2. The standard InChI is InChI=1S/C25H44N2OS/c1-8-11-16-26-23(29)27-17-12-13-18-28-22-15-14-20(24(4,5)9-2)19-21(22)25(6,7)10-3/h14-15,19H,8-13,16-18H2,1-7H3,(H2,26,27,29). The highest BCUT2D eigenvalue weighted by molar-refractivity contribution is 7.80. The molecule has 2 N–H and O–H groups in total. The van der Waals surface area contributed by atoms with Crippen LogP contribution in [0.3, 0.4) is 0 Å². The SMILES string of the molecule is CCCCNC(=S)NCCCCOc1ccc(C(C)(C)CC)cc1C(C)(C)CC. The van der Waals surface area contributed by atoms with Gasteiger partial charge >= 0.3 is 0 Å². The first-order chi connectivity index (χ1) is 13.7. The van der Waals surface area contributed by atoms with Gasteiger partial charge in [-0.15, -0.1) is 0 Å². The first-order valence-electron chi connectivity index (χ1n) is 11.5. The Morgan fingerprint density at radius 2 is 1.52 bits per heavy atom. The molecule has 0 aliphatic carbocycles. The van der Waals surface area contributed by atoms with Crippen LogP contribution < -0.4 is 15.4 Å². The number of hydrogen-bond donors (Lipinski definition) is 2. The molecule has 3 nitrogen and oxygen atoms in total.